The molecule has 0 saturated carbocycles. The van der Waals surface area contributed by atoms with Gasteiger partial charge in [0.2, 0.25) is 0 Å². The van der Waals surface area contributed by atoms with Crippen molar-refractivity contribution < 1.29 is 0 Å². The zero-order valence-corrected chi connectivity index (χ0v) is 8.90. The van der Waals surface area contributed by atoms with E-state index in [1.54, 1.807) is 0 Å². The quantitative estimate of drug-likeness (QED) is 0.728. The van der Waals surface area contributed by atoms with Crippen molar-refractivity contribution in [1.82, 2.24) is 0 Å². The lowest BCUT2D eigenvalue weighted by molar-refractivity contribution is 0.545. The van der Waals surface area contributed by atoms with Gasteiger partial charge in [0.15, 0.2) is 0 Å². The molecule has 0 aliphatic heterocycles. The summed E-state index contributed by atoms with van der Waals surface area (Å²) >= 11 is 0. The minimum Gasteiger partial charge on any atom is -0.402 e. The molecule has 2 nitrogen and oxygen atoms in total. The molecule has 4 N–H and O–H groups in total. The summed E-state index contributed by atoms with van der Waals surface area (Å²) in [7, 11) is 0. The number of hydrogen-bond donors (Lipinski definition) is 2. The zero-order valence-electron chi connectivity index (χ0n) is 8.90. The third-order valence-electron chi connectivity index (χ3n) is 2.76. The molecule has 1 aliphatic carbocycles. The van der Waals surface area contributed by atoms with Gasteiger partial charge in [0.1, 0.15) is 0 Å². The third-order valence-corrected chi connectivity index (χ3v) is 2.76. The third kappa shape index (κ3) is 1.95. The highest BCUT2D eigenvalue weighted by molar-refractivity contribution is 5.37. The zero-order chi connectivity index (χ0) is 10.9. The van der Waals surface area contributed by atoms with E-state index >= 15 is 0 Å². The van der Waals surface area contributed by atoms with Gasteiger partial charge in [-0.2, -0.15) is 0 Å². The number of nitrogens with two attached hydrogens (primary N) is 2. The van der Waals surface area contributed by atoms with Crippen molar-refractivity contribution in [3.05, 3.63) is 59.3 Å². The first-order valence-electron chi connectivity index (χ1n) is 5.10. The number of aryl methyl sites for hydroxylation is 1. The van der Waals surface area contributed by atoms with Gasteiger partial charge in [-0.3, -0.25) is 0 Å². The molecular formula is C13H16N2. The molecule has 1 unspecified atom stereocenters. The molecule has 0 aromatic heterocycles. The van der Waals surface area contributed by atoms with E-state index in [1.807, 2.05) is 24.3 Å². The van der Waals surface area contributed by atoms with Crippen LogP contribution < -0.4 is 11.5 Å². The lowest BCUT2D eigenvalue weighted by atomic mass is 9.83. The Hall–Kier alpha value is -1.54. The molecule has 2 heteroatoms. The maximum atomic E-state index is 6.33. The maximum absolute atomic E-state index is 6.33. The van der Waals surface area contributed by atoms with Crippen molar-refractivity contribution in [2.24, 2.45) is 11.5 Å². The van der Waals surface area contributed by atoms with Crippen LogP contribution in [0.1, 0.15) is 17.5 Å². The smallest absolute Gasteiger partial charge is 0.0653 e. The van der Waals surface area contributed by atoms with Crippen LogP contribution in [0, 0.1) is 6.92 Å². The summed E-state index contributed by atoms with van der Waals surface area (Å²) in [5.41, 5.74) is 14.9. The van der Waals surface area contributed by atoms with Crippen molar-refractivity contribution in [2.45, 2.75) is 18.9 Å². The maximum Gasteiger partial charge on any atom is 0.0653 e. The highest BCUT2D eigenvalue weighted by atomic mass is 14.8. The second-order valence-corrected chi connectivity index (χ2v) is 4.19. The molecule has 1 atom stereocenters. The number of rotatable bonds is 1. The number of allylic oxidation sites excluding steroid dienone is 2. The minimum atomic E-state index is -0.440. The van der Waals surface area contributed by atoms with Crippen LogP contribution in [0.15, 0.2) is 48.2 Å². The Balaban J connectivity index is 2.39. The molecule has 1 aromatic carbocycles. The first-order chi connectivity index (χ1) is 7.10. The van der Waals surface area contributed by atoms with Gasteiger partial charge in [0, 0.05) is 12.1 Å². The molecule has 78 valence electrons. The Morgan fingerprint density at radius 3 is 2.80 bits per heavy atom. The fourth-order valence-electron chi connectivity index (χ4n) is 1.93. The summed E-state index contributed by atoms with van der Waals surface area (Å²) < 4.78 is 0. The van der Waals surface area contributed by atoms with Crippen LogP contribution in [0.4, 0.5) is 0 Å². The average Bonchev–Trinajstić information content (AvgIpc) is 2.17. The van der Waals surface area contributed by atoms with E-state index in [9.17, 15) is 0 Å². The summed E-state index contributed by atoms with van der Waals surface area (Å²) in [4.78, 5) is 0. The van der Waals surface area contributed by atoms with E-state index in [4.69, 9.17) is 11.5 Å². The van der Waals surface area contributed by atoms with E-state index in [2.05, 4.69) is 25.1 Å². The molecule has 1 aliphatic rings. The highest BCUT2D eigenvalue weighted by Crippen LogP contribution is 2.29. The topological polar surface area (TPSA) is 52.0 Å². The predicted octanol–water partition coefficient (Wildman–Crippen LogP) is 1.95. The van der Waals surface area contributed by atoms with E-state index in [0.717, 1.165) is 11.3 Å². The van der Waals surface area contributed by atoms with Crippen LogP contribution in [0.5, 0.6) is 0 Å². The summed E-state index contributed by atoms with van der Waals surface area (Å²) in [6.45, 7) is 2.07. The first-order valence-corrected chi connectivity index (χ1v) is 5.10. The Bertz CT molecular complexity index is 432. The largest absolute Gasteiger partial charge is 0.402 e. The van der Waals surface area contributed by atoms with Crippen molar-refractivity contribution in [3.8, 4) is 0 Å². The van der Waals surface area contributed by atoms with E-state index in [0.29, 0.717) is 6.42 Å². The Kier molecular flexibility index (Phi) is 2.37. The molecule has 0 bridgehead atoms. The summed E-state index contributed by atoms with van der Waals surface area (Å²) in [5, 5.41) is 0. The van der Waals surface area contributed by atoms with E-state index in [-0.39, 0.29) is 0 Å². The van der Waals surface area contributed by atoms with Gasteiger partial charge in [-0.05, 0) is 18.6 Å². The molecule has 0 amide bonds. The van der Waals surface area contributed by atoms with Crippen LogP contribution in [-0.4, -0.2) is 0 Å². The minimum absolute atomic E-state index is 0.440. The van der Waals surface area contributed by atoms with Crippen LogP contribution in [0.2, 0.25) is 0 Å². The molecular weight excluding hydrogens is 184 g/mol. The number of benzene rings is 1. The van der Waals surface area contributed by atoms with Crippen LogP contribution >= 0.6 is 0 Å². The standard InChI is InChI=1S/C13H16N2/c1-10-4-2-5-11(8-10)13(15)7-3-6-12(14)9-13/h2-8H,9,14-15H2,1H3. The van der Waals surface area contributed by atoms with Crippen molar-refractivity contribution >= 4 is 0 Å². The SMILES string of the molecule is Cc1cccc(C2(N)C=CC=C(N)C2)c1. The van der Waals surface area contributed by atoms with Crippen LogP contribution in [0.3, 0.4) is 0 Å². The van der Waals surface area contributed by atoms with Crippen molar-refractivity contribution in [3.63, 3.8) is 0 Å². The highest BCUT2D eigenvalue weighted by Gasteiger charge is 2.26. The van der Waals surface area contributed by atoms with E-state index < -0.39 is 5.54 Å². The lowest BCUT2D eigenvalue weighted by Gasteiger charge is -2.29. The molecule has 0 heterocycles. The summed E-state index contributed by atoms with van der Waals surface area (Å²) in [5.74, 6) is 0. The van der Waals surface area contributed by atoms with Crippen LogP contribution in [0.25, 0.3) is 0 Å². The Morgan fingerprint density at radius 2 is 2.13 bits per heavy atom. The Morgan fingerprint density at radius 1 is 1.33 bits per heavy atom. The van der Waals surface area contributed by atoms with Gasteiger partial charge in [-0.1, -0.05) is 42.0 Å². The fourth-order valence-corrected chi connectivity index (χ4v) is 1.93. The lowest BCUT2D eigenvalue weighted by Crippen LogP contribution is -2.37. The van der Waals surface area contributed by atoms with Gasteiger partial charge in [-0.25, -0.2) is 0 Å². The molecule has 15 heavy (non-hydrogen) atoms. The van der Waals surface area contributed by atoms with Gasteiger partial charge in [-0.15, -0.1) is 0 Å². The van der Waals surface area contributed by atoms with Crippen LogP contribution in [-0.2, 0) is 5.54 Å². The second kappa shape index (κ2) is 3.55. The molecule has 1 aromatic rings. The molecule has 0 fully saturated rings. The van der Waals surface area contributed by atoms with Gasteiger partial charge >= 0.3 is 0 Å². The average molecular weight is 200 g/mol. The molecule has 0 radical (unpaired) electrons. The van der Waals surface area contributed by atoms with Crippen molar-refractivity contribution in [2.75, 3.05) is 0 Å². The summed E-state index contributed by atoms with van der Waals surface area (Å²) in [6.07, 6.45) is 6.53. The normalized spacial score (nSPS) is 25.1. The molecule has 0 saturated heterocycles. The monoisotopic (exact) mass is 200 g/mol. The van der Waals surface area contributed by atoms with Gasteiger partial charge < -0.3 is 11.5 Å². The van der Waals surface area contributed by atoms with Gasteiger partial charge in [0.05, 0.1) is 5.54 Å². The van der Waals surface area contributed by atoms with Gasteiger partial charge in [0.25, 0.3) is 0 Å². The van der Waals surface area contributed by atoms with Crippen molar-refractivity contribution in [1.29, 1.82) is 0 Å². The number of hydrogen-bond acceptors (Lipinski definition) is 2. The van der Waals surface area contributed by atoms with E-state index in [1.165, 1.54) is 5.56 Å². The predicted molar refractivity (Wildman–Crippen MR) is 63.1 cm³/mol. The molecule has 2 rings (SSSR count). The second-order valence-electron chi connectivity index (χ2n) is 4.19. The Labute approximate surface area is 90.3 Å². The first kappa shape index (κ1) is 9.99. The fraction of sp³-hybridized carbons (Fsp3) is 0.231. The summed E-state index contributed by atoms with van der Waals surface area (Å²) in [6, 6.07) is 8.26. The molecule has 0 spiro atoms.